The number of hydrogen-bond donors (Lipinski definition) is 0. The van der Waals surface area contributed by atoms with Gasteiger partial charge in [0.05, 0.1) is 20.7 Å². The Bertz CT molecular complexity index is 823. The van der Waals surface area contributed by atoms with Gasteiger partial charge in [0.15, 0.2) is 0 Å². The minimum absolute atomic E-state index is 0.443. The molecule has 25 heavy (non-hydrogen) atoms. The van der Waals surface area contributed by atoms with Gasteiger partial charge in [-0.3, -0.25) is 0 Å². The van der Waals surface area contributed by atoms with E-state index in [-0.39, 0.29) is 0 Å². The first-order chi connectivity index (χ1) is 11.5. The van der Waals surface area contributed by atoms with Crippen molar-refractivity contribution in [3.63, 3.8) is 0 Å². The van der Waals surface area contributed by atoms with Crippen molar-refractivity contribution in [2.45, 2.75) is 44.0 Å². The van der Waals surface area contributed by atoms with Crippen molar-refractivity contribution in [1.29, 1.82) is 0 Å². The van der Waals surface area contributed by atoms with Crippen LogP contribution in [0.1, 0.15) is 38.3 Å². The zero-order chi connectivity index (χ0) is 18.8. The smallest absolute Gasteiger partial charge is 0.249 e. The molecule has 0 radical (unpaired) electrons. The molecular formula is C17H21F3N2OS2. The monoisotopic (exact) mass is 390 g/mol. The summed E-state index contributed by atoms with van der Waals surface area (Å²) in [4.78, 5) is 4.40. The Labute approximate surface area is 150 Å². The summed E-state index contributed by atoms with van der Waals surface area (Å²) in [6.07, 6.45) is 3.04. The fourth-order valence-corrected chi connectivity index (χ4v) is 4.49. The molecule has 0 aromatic carbocycles. The summed E-state index contributed by atoms with van der Waals surface area (Å²) < 4.78 is 55.0. The Balaban J connectivity index is 2.27. The summed E-state index contributed by atoms with van der Waals surface area (Å²) in [7, 11) is -2.73. The molecule has 138 valence electrons. The molecule has 2 rings (SSSR count). The van der Waals surface area contributed by atoms with Crippen LogP contribution >= 0.6 is 11.3 Å². The predicted molar refractivity (Wildman–Crippen MR) is 97.8 cm³/mol. The van der Waals surface area contributed by atoms with E-state index in [1.54, 1.807) is 6.92 Å². The Kier molecular flexibility index (Phi) is 5.93. The maximum atomic E-state index is 13.0. The number of thiazole rings is 1. The molecule has 0 bridgehead atoms. The molecule has 1 aromatic rings. The SMILES string of the molecule is C=C/C(=C\C=C(/C)C(F)(F)F)C(C)S(C)(=O)=Nc1nc(C2CC2)cs1. The molecule has 1 saturated carbocycles. The number of rotatable bonds is 6. The molecule has 8 heteroatoms. The first-order valence-corrected chi connectivity index (χ1v) is 10.7. The van der Waals surface area contributed by atoms with Crippen molar-refractivity contribution in [2.75, 3.05) is 6.26 Å². The molecular weight excluding hydrogens is 369 g/mol. The Morgan fingerprint density at radius 3 is 2.64 bits per heavy atom. The maximum Gasteiger partial charge on any atom is 0.412 e. The number of nitrogens with zero attached hydrogens (tertiary/aromatic N) is 2. The van der Waals surface area contributed by atoms with Crippen molar-refractivity contribution >= 4 is 26.2 Å². The summed E-state index contributed by atoms with van der Waals surface area (Å²) in [6, 6.07) is 0. The van der Waals surface area contributed by atoms with E-state index in [2.05, 4.69) is 15.9 Å². The van der Waals surface area contributed by atoms with Crippen LogP contribution in [0.3, 0.4) is 0 Å². The van der Waals surface area contributed by atoms with Crippen molar-refractivity contribution in [1.82, 2.24) is 4.98 Å². The molecule has 1 aliphatic rings. The van der Waals surface area contributed by atoms with Crippen molar-refractivity contribution in [3.05, 3.63) is 47.0 Å². The lowest BCUT2D eigenvalue weighted by Crippen LogP contribution is -2.17. The van der Waals surface area contributed by atoms with Gasteiger partial charge in [-0.2, -0.15) is 17.5 Å². The molecule has 1 aromatic heterocycles. The topological polar surface area (TPSA) is 42.3 Å². The van der Waals surface area contributed by atoms with Gasteiger partial charge < -0.3 is 0 Å². The fraction of sp³-hybridized carbons (Fsp3) is 0.471. The summed E-state index contributed by atoms with van der Waals surface area (Å²) in [6.45, 7) is 6.28. The van der Waals surface area contributed by atoms with Crippen LogP contribution in [0.15, 0.2) is 45.7 Å². The molecule has 1 heterocycles. The van der Waals surface area contributed by atoms with E-state index in [4.69, 9.17) is 0 Å². The van der Waals surface area contributed by atoms with Crippen LogP contribution in [-0.4, -0.2) is 26.9 Å². The highest BCUT2D eigenvalue weighted by atomic mass is 32.2. The normalized spacial score (nSPS) is 20.1. The average Bonchev–Trinajstić information content (AvgIpc) is 3.27. The van der Waals surface area contributed by atoms with Gasteiger partial charge in [0.2, 0.25) is 5.13 Å². The third-order valence-electron chi connectivity index (χ3n) is 4.10. The molecule has 2 atom stereocenters. The quantitative estimate of drug-likeness (QED) is 0.580. The molecule has 2 unspecified atom stereocenters. The third kappa shape index (κ3) is 5.28. The Morgan fingerprint density at radius 1 is 1.48 bits per heavy atom. The molecule has 1 aliphatic carbocycles. The van der Waals surface area contributed by atoms with Crippen LogP contribution in [0.25, 0.3) is 0 Å². The van der Waals surface area contributed by atoms with Crippen molar-refractivity contribution in [2.24, 2.45) is 4.36 Å². The fourth-order valence-electron chi connectivity index (χ4n) is 2.06. The van der Waals surface area contributed by atoms with E-state index in [0.29, 0.717) is 16.6 Å². The molecule has 1 fully saturated rings. The van der Waals surface area contributed by atoms with E-state index >= 15 is 0 Å². The minimum Gasteiger partial charge on any atom is -0.249 e. The van der Waals surface area contributed by atoms with Crippen LogP contribution < -0.4 is 0 Å². The first kappa shape index (κ1) is 19.9. The van der Waals surface area contributed by atoms with Crippen molar-refractivity contribution in [3.8, 4) is 0 Å². The Hall–Kier alpha value is -1.41. The van der Waals surface area contributed by atoms with Gasteiger partial charge in [-0.25, -0.2) is 9.19 Å². The van der Waals surface area contributed by atoms with Gasteiger partial charge in [0.25, 0.3) is 0 Å². The predicted octanol–water partition coefficient (Wildman–Crippen LogP) is 5.76. The zero-order valence-corrected chi connectivity index (χ0v) is 16.0. The van der Waals surface area contributed by atoms with Gasteiger partial charge in [-0.05, 0) is 32.3 Å². The number of halogens is 3. The number of aromatic nitrogens is 1. The summed E-state index contributed by atoms with van der Waals surface area (Å²) in [5, 5.41) is 1.80. The summed E-state index contributed by atoms with van der Waals surface area (Å²) in [5.41, 5.74) is 0.696. The second kappa shape index (κ2) is 7.45. The molecule has 3 nitrogen and oxygen atoms in total. The lowest BCUT2D eigenvalue weighted by atomic mass is 10.1. The standard InChI is InChI=1S/C17H21F3N2OS2/c1-5-13(7-6-11(2)17(18,19)20)12(3)25(4,23)22-16-21-15(10-24-16)14-8-9-14/h5-7,10,12,14H,1,8-9H2,2-4H3/b11-6+,13-7+. The zero-order valence-electron chi connectivity index (χ0n) is 14.3. The van der Waals surface area contributed by atoms with Gasteiger partial charge >= 0.3 is 6.18 Å². The highest BCUT2D eigenvalue weighted by Gasteiger charge is 2.29. The van der Waals surface area contributed by atoms with Gasteiger partial charge in [0.1, 0.15) is 0 Å². The van der Waals surface area contributed by atoms with Crippen LogP contribution in [-0.2, 0) is 9.73 Å². The lowest BCUT2D eigenvalue weighted by Gasteiger charge is -2.14. The second-order valence-electron chi connectivity index (χ2n) is 6.14. The van der Waals surface area contributed by atoms with Gasteiger partial charge in [-0.15, -0.1) is 11.3 Å². The molecule has 0 saturated heterocycles. The summed E-state index contributed by atoms with van der Waals surface area (Å²) >= 11 is 1.34. The highest BCUT2D eigenvalue weighted by Crippen LogP contribution is 2.41. The summed E-state index contributed by atoms with van der Waals surface area (Å²) in [5.74, 6) is 0.490. The molecule has 0 amide bonds. The van der Waals surface area contributed by atoms with E-state index in [1.165, 1.54) is 29.7 Å². The van der Waals surface area contributed by atoms with E-state index in [1.807, 2.05) is 5.38 Å². The minimum atomic E-state index is -4.38. The van der Waals surface area contributed by atoms with Crippen molar-refractivity contribution < 1.29 is 17.4 Å². The average molecular weight is 390 g/mol. The highest BCUT2D eigenvalue weighted by molar-refractivity contribution is 7.93. The van der Waals surface area contributed by atoms with Gasteiger partial charge in [0, 0.05) is 23.1 Å². The van der Waals surface area contributed by atoms with Crippen LogP contribution in [0.4, 0.5) is 18.3 Å². The molecule has 0 spiro atoms. The molecule has 0 aliphatic heterocycles. The first-order valence-electron chi connectivity index (χ1n) is 7.79. The van der Waals surface area contributed by atoms with Gasteiger partial charge in [-0.1, -0.05) is 24.8 Å². The van der Waals surface area contributed by atoms with Crippen LogP contribution in [0.5, 0.6) is 0 Å². The maximum absolute atomic E-state index is 13.0. The van der Waals surface area contributed by atoms with E-state index in [9.17, 15) is 17.4 Å². The molecule has 0 N–H and O–H groups in total. The number of allylic oxidation sites excluding steroid dienone is 4. The van der Waals surface area contributed by atoms with Crippen LogP contribution in [0.2, 0.25) is 0 Å². The number of hydrogen-bond acceptors (Lipinski definition) is 4. The van der Waals surface area contributed by atoms with E-state index in [0.717, 1.165) is 31.5 Å². The van der Waals surface area contributed by atoms with E-state index < -0.39 is 26.7 Å². The Morgan fingerprint density at radius 2 is 2.12 bits per heavy atom. The lowest BCUT2D eigenvalue weighted by molar-refractivity contribution is -0.0913. The van der Waals surface area contributed by atoms with Crippen LogP contribution in [0, 0.1) is 0 Å². The third-order valence-corrected chi connectivity index (χ3v) is 7.09. The number of alkyl halides is 3. The largest absolute Gasteiger partial charge is 0.412 e. The second-order valence-corrected chi connectivity index (χ2v) is 9.59.